The number of thiazole rings is 1. The van der Waals surface area contributed by atoms with E-state index in [-0.39, 0.29) is 0 Å². The lowest BCUT2D eigenvalue weighted by Gasteiger charge is -1.95. The van der Waals surface area contributed by atoms with Crippen LogP contribution in [-0.4, -0.2) is 4.98 Å². The third kappa shape index (κ3) is 1.38. The monoisotopic (exact) mass is 251 g/mol. The molecule has 0 aliphatic carbocycles. The minimum absolute atomic E-state index is 0.927. The lowest BCUT2D eigenvalue weighted by Crippen LogP contribution is -1.74. The van der Waals surface area contributed by atoms with Gasteiger partial charge >= 0.3 is 0 Å². The van der Waals surface area contributed by atoms with Gasteiger partial charge < -0.3 is 4.42 Å². The van der Waals surface area contributed by atoms with E-state index in [4.69, 9.17) is 4.42 Å². The molecule has 0 aliphatic rings. The Morgan fingerprint density at radius 3 is 2.72 bits per heavy atom. The van der Waals surface area contributed by atoms with E-state index in [0.717, 1.165) is 32.5 Å². The maximum Gasteiger partial charge on any atom is 0.135 e. The zero-order valence-corrected chi connectivity index (χ0v) is 10.3. The molecule has 4 rings (SSSR count). The largest absolute Gasteiger partial charge is 0.456 e. The van der Waals surface area contributed by atoms with Crippen LogP contribution in [0, 0.1) is 0 Å². The van der Waals surface area contributed by atoms with Crippen LogP contribution in [0.25, 0.3) is 32.5 Å². The van der Waals surface area contributed by atoms with Crippen molar-refractivity contribution in [3.63, 3.8) is 0 Å². The van der Waals surface area contributed by atoms with Crippen LogP contribution >= 0.6 is 11.3 Å². The SMILES string of the molecule is c1ccc2c(c1)oc1ccc(-c3nccs3)cc12. The standard InChI is InChI=1S/C15H9NOS/c1-2-4-13-11(3-1)12-9-10(5-6-14(12)17-13)15-16-7-8-18-15/h1-9H. The van der Waals surface area contributed by atoms with Crippen molar-refractivity contribution in [3.05, 3.63) is 54.0 Å². The van der Waals surface area contributed by atoms with E-state index < -0.39 is 0 Å². The van der Waals surface area contributed by atoms with Crippen LogP contribution in [0.5, 0.6) is 0 Å². The number of fused-ring (bicyclic) bond motifs is 3. The Labute approximate surface area is 108 Å². The number of hydrogen-bond acceptors (Lipinski definition) is 3. The fourth-order valence-electron chi connectivity index (χ4n) is 2.23. The van der Waals surface area contributed by atoms with Gasteiger partial charge in [0.2, 0.25) is 0 Å². The fourth-order valence-corrected chi connectivity index (χ4v) is 2.86. The molecule has 0 saturated heterocycles. The molecule has 0 aliphatic heterocycles. The predicted molar refractivity (Wildman–Crippen MR) is 74.8 cm³/mol. The molecule has 0 amide bonds. The molecule has 0 N–H and O–H groups in total. The van der Waals surface area contributed by atoms with Gasteiger partial charge in [0.25, 0.3) is 0 Å². The van der Waals surface area contributed by atoms with Gasteiger partial charge in [-0.2, -0.15) is 0 Å². The molecule has 0 spiro atoms. The number of furan rings is 1. The van der Waals surface area contributed by atoms with E-state index in [1.165, 1.54) is 0 Å². The molecule has 4 aromatic rings. The molecule has 0 bridgehead atoms. The van der Waals surface area contributed by atoms with Crippen molar-refractivity contribution in [3.8, 4) is 10.6 Å². The number of para-hydroxylation sites is 1. The van der Waals surface area contributed by atoms with Gasteiger partial charge in [-0.25, -0.2) is 4.98 Å². The molecule has 2 heterocycles. The average Bonchev–Trinajstić information content (AvgIpc) is 3.05. The van der Waals surface area contributed by atoms with Gasteiger partial charge in [0.1, 0.15) is 16.2 Å². The Morgan fingerprint density at radius 2 is 1.83 bits per heavy atom. The molecule has 2 nitrogen and oxygen atoms in total. The number of benzene rings is 2. The van der Waals surface area contributed by atoms with Crippen LogP contribution in [0.1, 0.15) is 0 Å². The van der Waals surface area contributed by atoms with E-state index in [2.05, 4.69) is 23.2 Å². The summed E-state index contributed by atoms with van der Waals surface area (Å²) in [6.45, 7) is 0. The average molecular weight is 251 g/mol. The van der Waals surface area contributed by atoms with Crippen LogP contribution in [0.3, 0.4) is 0 Å². The summed E-state index contributed by atoms with van der Waals surface area (Å²) in [5.41, 5.74) is 3.00. The molecular weight excluding hydrogens is 242 g/mol. The highest BCUT2D eigenvalue weighted by atomic mass is 32.1. The summed E-state index contributed by atoms with van der Waals surface area (Å²) < 4.78 is 5.81. The second kappa shape index (κ2) is 3.68. The predicted octanol–water partition coefficient (Wildman–Crippen LogP) is 4.71. The van der Waals surface area contributed by atoms with Crippen LogP contribution in [-0.2, 0) is 0 Å². The summed E-state index contributed by atoms with van der Waals surface area (Å²) in [7, 11) is 0. The highest BCUT2D eigenvalue weighted by Gasteiger charge is 2.08. The molecule has 0 saturated carbocycles. The van der Waals surface area contributed by atoms with Crippen molar-refractivity contribution < 1.29 is 4.42 Å². The van der Waals surface area contributed by atoms with Crippen LogP contribution in [0.2, 0.25) is 0 Å². The molecule has 18 heavy (non-hydrogen) atoms. The number of aromatic nitrogens is 1. The van der Waals surface area contributed by atoms with Crippen molar-refractivity contribution in [2.45, 2.75) is 0 Å². The molecule has 2 aromatic heterocycles. The maximum atomic E-state index is 5.81. The number of rotatable bonds is 1. The summed E-state index contributed by atoms with van der Waals surface area (Å²) >= 11 is 1.65. The van der Waals surface area contributed by atoms with E-state index in [1.54, 1.807) is 11.3 Å². The number of hydrogen-bond donors (Lipinski definition) is 0. The maximum absolute atomic E-state index is 5.81. The third-order valence-electron chi connectivity index (χ3n) is 3.06. The van der Waals surface area contributed by atoms with Crippen LogP contribution < -0.4 is 0 Å². The minimum Gasteiger partial charge on any atom is -0.456 e. The van der Waals surface area contributed by atoms with E-state index in [0.29, 0.717) is 0 Å². The smallest absolute Gasteiger partial charge is 0.135 e. The lowest BCUT2D eigenvalue weighted by molar-refractivity contribution is 0.669. The van der Waals surface area contributed by atoms with Crippen molar-refractivity contribution in [1.29, 1.82) is 0 Å². The molecule has 86 valence electrons. The fraction of sp³-hybridized carbons (Fsp3) is 0. The topological polar surface area (TPSA) is 26.0 Å². The van der Waals surface area contributed by atoms with Crippen molar-refractivity contribution in [2.75, 3.05) is 0 Å². The Kier molecular flexibility index (Phi) is 2.02. The lowest BCUT2D eigenvalue weighted by atomic mass is 10.1. The normalized spacial score (nSPS) is 11.3. The molecule has 3 heteroatoms. The first-order chi connectivity index (χ1) is 8.92. The summed E-state index contributed by atoms with van der Waals surface area (Å²) in [5.74, 6) is 0. The van der Waals surface area contributed by atoms with Crippen molar-refractivity contribution in [2.24, 2.45) is 0 Å². The van der Waals surface area contributed by atoms with Crippen molar-refractivity contribution in [1.82, 2.24) is 4.98 Å². The summed E-state index contributed by atoms with van der Waals surface area (Å²) in [4.78, 5) is 4.35. The van der Waals surface area contributed by atoms with Gasteiger partial charge in [-0.3, -0.25) is 0 Å². The first-order valence-corrected chi connectivity index (χ1v) is 6.61. The number of nitrogens with zero attached hydrogens (tertiary/aromatic N) is 1. The first-order valence-electron chi connectivity index (χ1n) is 5.73. The highest BCUT2D eigenvalue weighted by molar-refractivity contribution is 7.13. The van der Waals surface area contributed by atoms with Gasteiger partial charge in [0.15, 0.2) is 0 Å². The van der Waals surface area contributed by atoms with E-state index in [9.17, 15) is 0 Å². The van der Waals surface area contributed by atoms with E-state index >= 15 is 0 Å². The zero-order chi connectivity index (χ0) is 11.9. The Bertz CT molecular complexity index is 830. The van der Waals surface area contributed by atoms with Gasteiger partial charge in [-0.05, 0) is 24.3 Å². The molecule has 0 radical (unpaired) electrons. The van der Waals surface area contributed by atoms with E-state index in [1.807, 2.05) is 35.8 Å². The summed E-state index contributed by atoms with van der Waals surface area (Å²) in [6, 6.07) is 14.3. The Balaban J connectivity index is 2.07. The zero-order valence-electron chi connectivity index (χ0n) is 9.46. The summed E-state index contributed by atoms with van der Waals surface area (Å²) in [5, 5.41) is 5.35. The molecule has 0 fully saturated rings. The molecule has 0 atom stereocenters. The second-order valence-electron chi connectivity index (χ2n) is 4.15. The minimum atomic E-state index is 0.927. The summed E-state index contributed by atoms with van der Waals surface area (Å²) in [6.07, 6.45) is 1.83. The highest BCUT2D eigenvalue weighted by Crippen LogP contribution is 2.32. The van der Waals surface area contributed by atoms with Gasteiger partial charge in [0.05, 0.1) is 0 Å². The quantitative estimate of drug-likeness (QED) is 0.489. The Morgan fingerprint density at radius 1 is 0.944 bits per heavy atom. The first kappa shape index (κ1) is 9.85. The van der Waals surface area contributed by atoms with Gasteiger partial charge in [0, 0.05) is 27.9 Å². The molecular formula is C15H9NOS. The van der Waals surface area contributed by atoms with Crippen LogP contribution in [0.15, 0.2) is 58.5 Å². The molecule has 0 unspecified atom stereocenters. The Hall–Kier alpha value is -2.13. The third-order valence-corrected chi connectivity index (χ3v) is 3.88. The van der Waals surface area contributed by atoms with Crippen molar-refractivity contribution >= 4 is 33.3 Å². The second-order valence-corrected chi connectivity index (χ2v) is 5.04. The van der Waals surface area contributed by atoms with Gasteiger partial charge in [-0.15, -0.1) is 11.3 Å². The van der Waals surface area contributed by atoms with Gasteiger partial charge in [-0.1, -0.05) is 18.2 Å². The molecule has 2 aromatic carbocycles. The van der Waals surface area contributed by atoms with Crippen LogP contribution in [0.4, 0.5) is 0 Å².